The van der Waals surface area contributed by atoms with Crippen molar-refractivity contribution in [2.24, 2.45) is 0 Å². The summed E-state index contributed by atoms with van der Waals surface area (Å²) in [5.74, 6) is -0.339. The topological polar surface area (TPSA) is 54.5 Å². The third kappa shape index (κ3) is 2.29. The van der Waals surface area contributed by atoms with Crippen LogP contribution in [-0.2, 0) is 14.8 Å². The van der Waals surface area contributed by atoms with Crippen LogP contribution >= 0.6 is 0 Å². The quantitative estimate of drug-likeness (QED) is 0.859. The van der Waals surface area contributed by atoms with Gasteiger partial charge in [0.1, 0.15) is 5.82 Å². The molecule has 24 heavy (non-hydrogen) atoms. The van der Waals surface area contributed by atoms with Gasteiger partial charge in [0.05, 0.1) is 10.9 Å². The summed E-state index contributed by atoms with van der Waals surface area (Å²) in [5.41, 5.74) is 1.05. The Morgan fingerprint density at radius 2 is 1.71 bits per heavy atom. The van der Waals surface area contributed by atoms with E-state index in [0.717, 1.165) is 6.42 Å². The van der Waals surface area contributed by atoms with Gasteiger partial charge >= 0.3 is 0 Å². The molecule has 0 N–H and O–H groups in total. The minimum Gasteiger partial charge on any atom is -0.298 e. The van der Waals surface area contributed by atoms with Gasteiger partial charge in [0.15, 0.2) is 5.78 Å². The van der Waals surface area contributed by atoms with Crippen LogP contribution in [0.3, 0.4) is 0 Å². The molecule has 2 aromatic rings. The molecular weight excluding hydrogens is 329 g/mol. The lowest BCUT2D eigenvalue weighted by molar-refractivity contribution is -0.119. The first-order valence-corrected chi connectivity index (χ1v) is 9.34. The monoisotopic (exact) mass is 345 g/mol. The van der Waals surface area contributed by atoms with Crippen molar-refractivity contribution in [1.82, 2.24) is 4.31 Å². The molecule has 2 heterocycles. The van der Waals surface area contributed by atoms with E-state index in [9.17, 15) is 17.6 Å². The number of carbonyl (C=O) groups is 1. The Hall–Kier alpha value is -2.05. The first-order valence-electron chi connectivity index (χ1n) is 7.90. The summed E-state index contributed by atoms with van der Waals surface area (Å²) in [6.45, 7) is 0. The van der Waals surface area contributed by atoms with E-state index in [1.807, 2.05) is 0 Å². The van der Waals surface area contributed by atoms with E-state index in [-0.39, 0.29) is 22.5 Å². The normalized spacial score (nSPS) is 23.8. The predicted molar refractivity (Wildman–Crippen MR) is 87.3 cm³/mol. The van der Waals surface area contributed by atoms with Crippen LogP contribution in [-0.4, -0.2) is 30.6 Å². The molecule has 4 rings (SSSR count). The summed E-state index contributed by atoms with van der Waals surface area (Å²) >= 11 is 0. The van der Waals surface area contributed by atoms with Gasteiger partial charge in [0, 0.05) is 18.0 Å². The Balaban J connectivity index is 1.68. The Morgan fingerprint density at radius 1 is 1.00 bits per heavy atom. The van der Waals surface area contributed by atoms with Gasteiger partial charge in [0.2, 0.25) is 10.0 Å². The highest BCUT2D eigenvalue weighted by molar-refractivity contribution is 7.89. The van der Waals surface area contributed by atoms with Gasteiger partial charge in [-0.05, 0) is 36.6 Å². The SMILES string of the molecule is O=C1CC2CCC1N2S(=O)(=O)c1ccc(-c2ccccc2F)cc1. The van der Waals surface area contributed by atoms with E-state index >= 15 is 0 Å². The number of hydrogen-bond acceptors (Lipinski definition) is 3. The minimum atomic E-state index is -3.70. The average molecular weight is 345 g/mol. The molecular formula is C18H16FNO3S. The van der Waals surface area contributed by atoms with E-state index in [2.05, 4.69) is 0 Å². The van der Waals surface area contributed by atoms with E-state index < -0.39 is 16.1 Å². The Kier molecular flexibility index (Phi) is 3.54. The van der Waals surface area contributed by atoms with Gasteiger partial charge in [-0.15, -0.1) is 0 Å². The number of rotatable bonds is 3. The number of ketones is 1. The van der Waals surface area contributed by atoms with Crippen molar-refractivity contribution in [1.29, 1.82) is 0 Å². The maximum atomic E-state index is 13.8. The van der Waals surface area contributed by atoms with E-state index in [1.54, 1.807) is 30.3 Å². The van der Waals surface area contributed by atoms with Crippen LogP contribution in [0.1, 0.15) is 19.3 Å². The first-order chi connectivity index (χ1) is 11.5. The standard InChI is InChI=1S/C18H16FNO3S/c19-16-4-2-1-3-15(16)12-5-8-14(9-6-12)24(22,23)20-13-7-10-17(20)18(21)11-13/h1-6,8-9,13,17H,7,10-11H2. The van der Waals surface area contributed by atoms with Crippen molar-refractivity contribution in [3.8, 4) is 11.1 Å². The lowest BCUT2D eigenvalue weighted by Gasteiger charge is -2.20. The molecule has 4 nitrogen and oxygen atoms in total. The van der Waals surface area contributed by atoms with E-state index in [1.165, 1.54) is 22.5 Å². The van der Waals surface area contributed by atoms with Crippen molar-refractivity contribution in [2.45, 2.75) is 36.2 Å². The van der Waals surface area contributed by atoms with Gasteiger partial charge in [-0.1, -0.05) is 30.3 Å². The van der Waals surface area contributed by atoms with E-state index in [0.29, 0.717) is 24.0 Å². The third-order valence-electron chi connectivity index (χ3n) is 4.86. The van der Waals surface area contributed by atoms with Crippen LogP contribution in [0, 0.1) is 5.82 Å². The molecule has 0 amide bonds. The van der Waals surface area contributed by atoms with Crippen LogP contribution in [0.4, 0.5) is 4.39 Å². The highest BCUT2D eigenvalue weighted by atomic mass is 32.2. The summed E-state index contributed by atoms with van der Waals surface area (Å²) in [4.78, 5) is 12.0. The Labute approximate surface area is 140 Å². The minimum absolute atomic E-state index is 0.0119. The van der Waals surface area contributed by atoms with Gasteiger partial charge in [-0.25, -0.2) is 12.8 Å². The summed E-state index contributed by atoms with van der Waals surface area (Å²) in [7, 11) is -3.70. The van der Waals surface area contributed by atoms with Crippen LogP contribution in [0.2, 0.25) is 0 Å². The molecule has 2 atom stereocenters. The van der Waals surface area contributed by atoms with Crippen molar-refractivity contribution in [2.75, 3.05) is 0 Å². The zero-order valence-electron chi connectivity index (χ0n) is 12.9. The molecule has 2 aromatic carbocycles. The highest BCUT2D eigenvalue weighted by Crippen LogP contribution is 2.39. The molecule has 2 unspecified atom stereocenters. The lowest BCUT2D eigenvalue weighted by atomic mass is 10.00. The molecule has 0 radical (unpaired) electrons. The molecule has 2 aliphatic rings. The fraction of sp³-hybridized carbons (Fsp3) is 0.278. The van der Waals surface area contributed by atoms with Gasteiger partial charge in [-0.3, -0.25) is 4.79 Å². The smallest absolute Gasteiger partial charge is 0.243 e. The zero-order chi connectivity index (χ0) is 16.9. The fourth-order valence-electron chi connectivity index (χ4n) is 3.71. The Morgan fingerprint density at radius 3 is 2.29 bits per heavy atom. The predicted octanol–water partition coefficient (Wildman–Crippen LogP) is 2.99. The fourth-order valence-corrected chi connectivity index (χ4v) is 5.56. The number of benzene rings is 2. The van der Waals surface area contributed by atoms with Gasteiger partial charge < -0.3 is 0 Å². The number of sulfonamides is 1. The third-order valence-corrected chi connectivity index (χ3v) is 6.84. The average Bonchev–Trinajstić information content (AvgIpc) is 3.13. The molecule has 2 fully saturated rings. The lowest BCUT2D eigenvalue weighted by Crippen LogP contribution is -2.36. The van der Waals surface area contributed by atoms with E-state index in [4.69, 9.17) is 0 Å². The van der Waals surface area contributed by atoms with Crippen molar-refractivity contribution in [3.63, 3.8) is 0 Å². The first kappa shape index (κ1) is 15.5. The molecule has 0 spiro atoms. The second kappa shape index (κ2) is 5.50. The molecule has 2 bridgehead atoms. The second-order valence-electron chi connectivity index (χ2n) is 6.26. The number of fused-ring (bicyclic) bond motifs is 2. The maximum absolute atomic E-state index is 13.8. The molecule has 0 aliphatic carbocycles. The second-order valence-corrected chi connectivity index (χ2v) is 8.10. The van der Waals surface area contributed by atoms with Crippen molar-refractivity contribution >= 4 is 15.8 Å². The van der Waals surface area contributed by atoms with Crippen LogP contribution in [0.5, 0.6) is 0 Å². The number of halogens is 1. The van der Waals surface area contributed by atoms with Gasteiger partial charge in [-0.2, -0.15) is 4.31 Å². The highest BCUT2D eigenvalue weighted by Gasteiger charge is 2.51. The molecule has 124 valence electrons. The summed E-state index contributed by atoms with van der Waals surface area (Å²) in [5, 5.41) is 0. The van der Waals surface area contributed by atoms with Crippen LogP contribution in [0.25, 0.3) is 11.1 Å². The summed E-state index contributed by atoms with van der Waals surface area (Å²) in [6, 6.07) is 11.8. The largest absolute Gasteiger partial charge is 0.298 e. The van der Waals surface area contributed by atoms with Crippen LogP contribution < -0.4 is 0 Å². The molecule has 2 saturated heterocycles. The number of nitrogens with zero attached hydrogens (tertiary/aromatic N) is 1. The Bertz CT molecular complexity index is 908. The maximum Gasteiger partial charge on any atom is 0.243 e. The molecule has 0 aromatic heterocycles. The van der Waals surface area contributed by atoms with Crippen molar-refractivity contribution < 1.29 is 17.6 Å². The van der Waals surface area contributed by atoms with Gasteiger partial charge in [0.25, 0.3) is 0 Å². The molecule has 2 aliphatic heterocycles. The number of hydrogen-bond donors (Lipinski definition) is 0. The van der Waals surface area contributed by atoms with Crippen LogP contribution in [0.15, 0.2) is 53.4 Å². The molecule has 0 saturated carbocycles. The zero-order valence-corrected chi connectivity index (χ0v) is 13.7. The number of carbonyl (C=O) groups excluding carboxylic acids is 1. The number of Topliss-reactive ketones (excluding diaryl/α,β-unsaturated/α-hetero) is 1. The summed E-state index contributed by atoms with van der Waals surface area (Å²) in [6.07, 6.45) is 1.66. The van der Waals surface area contributed by atoms with Crippen molar-refractivity contribution in [3.05, 3.63) is 54.3 Å². The summed E-state index contributed by atoms with van der Waals surface area (Å²) < 4.78 is 40.9. The molecule has 6 heteroatoms.